The summed E-state index contributed by atoms with van der Waals surface area (Å²) in [6.07, 6.45) is -1.69. The molecule has 0 aromatic carbocycles. The van der Waals surface area contributed by atoms with Gasteiger partial charge in [0.15, 0.2) is 0 Å². The van der Waals surface area contributed by atoms with Crippen molar-refractivity contribution in [2.45, 2.75) is 24.3 Å². The van der Waals surface area contributed by atoms with Crippen LogP contribution in [-0.4, -0.2) is 41.3 Å². The predicted octanol–water partition coefficient (Wildman–Crippen LogP) is -0.533. The van der Waals surface area contributed by atoms with E-state index in [0.29, 0.717) is 0 Å². The third-order valence-electron chi connectivity index (χ3n) is 2.78. The van der Waals surface area contributed by atoms with Gasteiger partial charge in [-0.05, 0) is 0 Å². The van der Waals surface area contributed by atoms with E-state index in [-0.39, 0.29) is 19.6 Å². The standard InChI is InChI=1S/C7H11FO3/c8-5-1-7(3-9)6(10)4(5)2-11-7/h4-6,9-10H,1-3H2/t4-,5-,6+,7-/m1/s1. The molecule has 0 amide bonds. The van der Waals surface area contributed by atoms with Crippen molar-refractivity contribution >= 4 is 0 Å². The van der Waals surface area contributed by atoms with Gasteiger partial charge in [-0.25, -0.2) is 4.39 Å². The maximum atomic E-state index is 12.9. The fraction of sp³-hybridized carbons (Fsp3) is 1.00. The molecule has 0 aromatic rings. The van der Waals surface area contributed by atoms with Crippen molar-refractivity contribution in [2.75, 3.05) is 13.2 Å². The fourth-order valence-corrected chi connectivity index (χ4v) is 2.00. The first kappa shape index (κ1) is 7.46. The lowest BCUT2D eigenvalue weighted by molar-refractivity contribution is -0.0964. The minimum Gasteiger partial charge on any atom is -0.393 e. The van der Waals surface area contributed by atoms with Crippen LogP contribution in [0, 0.1) is 5.92 Å². The van der Waals surface area contributed by atoms with Gasteiger partial charge < -0.3 is 14.9 Å². The topological polar surface area (TPSA) is 49.7 Å². The third kappa shape index (κ3) is 0.774. The molecule has 4 atom stereocenters. The zero-order chi connectivity index (χ0) is 8.06. The Morgan fingerprint density at radius 1 is 1.64 bits per heavy atom. The molecule has 2 fully saturated rings. The summed E-state index contributed by atoms with van der Waals surface area (Å²) >= 11 is 0. The van der Waals surface area contributed by atoms with E-state index in [1.807, 2.05) is 0 Å². The van der Waals surface area contributed by atoms with Crippen molar-refractivity contribution in [1.29, 1.82) is 0 Å². The van der Waals surface area contributed by atoms with Crippen LogP contribution in [0.25, 0.3) is 0 Å². The van der Waals surface area contributed by atoms with Crippen LogP contribution < -0.4 is 0 Å². The van der Waals surface area contributed by atoms with Crippen molar-refractivity contribution in [3.8, 4) is 0 Å². The SMILES string of the molecule is OC[C@@]12C[C@@H](F)[C@@H](CO1)[C@@H]2O. The number of hydrogen-bond acceptors (Lipinski definition) is 3. The molecule has 1 heterocycles. The van der Waals surface area contributed by atoms with E-state index >= 15 is 0 Å². The van der Waals surface area contributed by atoms with Gasteiger partial charge in [-0.3, -0.25) is 0 Å². The first-order valence-corrected chi connectivity index (χ1v) is 3.76. The molecule has 2 rings (SSSR count). The van der Waals surface area contributed by atoms with Gasteiger partial charge in [0, 0.05) is 12.3 Å². The predicted molar refractivity (Wildman–Crippen MR) is 34.8 cm³/mol. The van der Waals surface area contributed by atoms with E-state index in [0.717, 1.165) is 0 Å². The lowest BCUT2D eigenvalue weighted by Crippen LogP contribution is -2.40. The lowest BCUT2D eigenvalue weighted by Gasteiger charge is -2.26. The van der Waals surface area contributed by atoms with Gasteiger partial charge in [0.05, 0.1) is 19.3 Å². The molecule has 2 aliphatic rings. The molecule has 2 bridgehead atoms. The highest BCUT2D eigenvalue weighted by Gasteiger charge is 2.59. The van der Waals surface area contributed by atoms with Crippen LogP contribution >= 0.6 is 0 Å². The highest BCUT2D eigenvalue weighted by Crippen LogP contribution is 2.45. The van der Waals surface area contributed by atoms with Gasteiger partial charge in [0.2, 0.25) is 0 Å². The van der Waals surface area contributed by atoms with E-state index < -0.39 is 23.8 Å². The molecule has 4 heteroatoms. The van der Waals surface area contributed by atoms with Gasteiger partial charge in [0.1, 0.15) is 11.8 Å². The van der Waals surface area contributed by atoms with E-state index in [4.69, 9.17) is 9.84 Å². The maximum Gasteiger partial charge on any atom is 0.120 e. The molecule has 2 N–H and O–H groups in total. The van der Waals surface area contributed by atoms with E-state index in [1.165, 1.54) is 0 Å². The first-order chi connectivity index (χ1) is 5.19. The number of rotatable bonds is 1. The van der Waals surface area contributed by atoms with E-state index in [9.17, 15) is 9.50 Å². The number of ether oxygens (including phenoxy) is 1. The van der Waals surface area contributed by atoms with Crippen molar-refractivity contribution in [1.82, 2.24) is 0 Å². The maximum absolute atomic E-state index is 12.9. The van der Waals surface area contributed by atoms with Crippen LogP contribution in [-0.2, 0) is 4.74 Å². The molecular weight excluding hydrogens is 151 g/mol. The third-order valence-corrected chi connectivity index (χ3v) is 2.78. The largest absolute Gasteiger partial charge is 0.393 e. The Labute approximate surface area is 63.8 Å². The highest BCUT2D eigenvalue weighted by atomic mass is 19.1. The molecule has 64 valence electrons. The van der Waals surface area contributed by atoms with Gasteiger partial charge in [-0.15, -0.1) is 0 Å². The van der Waals surface area contributed by atoms with Crippen LogP contribution in [0.2, 0.25) is 0 Å². The average Bonchev–Trinajstić information content (AvgIpc) is 2.42. The van der Waals surface area contributed by atoms with Crippen LogP contribution in [0.4, 0.5) is 4.39 Å². The Balaban J connectivity index is 2.24. The summed E-state index contributed by atoms with van der Waals surface area (Å²) in [5.41, 5.74) is -0.982. The zero-order valence-corrected chi connectivity index (χ0v) is 6.03. The van der Waals surface area contributed by atoms with Gasteiger partial charge in [0.25, 0.3) is 0 Å². The molecule has 1 saturated heterocycles. The van der Waals surface area contributed by atoms with Gasteiger partial charge in [-0.2, -0.15) is 0 Å². The van der Waals surface area contributed by atoms with Gasteiger partial charge >= 0.3 is 0 Å². The summed E-state index contributed by atoms with van der Waals surface area (Å²) in [5, 5.41) is 18.3. The zero-order valence-electron chi connectivity index (χ0n) is 6.03. The molecule has 0 aromatic heterocycles. The van der Waals surface area contributed by atoms with Crippen LogP contribution in [0.15, 0.2) is 0 Å². The van der Waals surface area contributed by atoms with Crippen molar-refractivity contribution in [3.05, 3.63) is 0 Å². The molecule has 0 spiro atoms. The Morgan fingerprint density at radius 3 is 2.64 bits per heavy atom. The fourth-order valence-electron chi connectivity index (χ4n) is 2.00. The monoisotopic (exact) mass is 162 g/mol. The van der Waals surface area contributed by atoms with Crippen LogP contribution in [0.1, 0.15) is 6.42 Å². The van der Waals surface area contributed by atoms with Crippen LogP contribution in [0.5, 0.6) is 0 Å². The number of halogens is 1. The lowest BCUT2D eigenvalue weighted by atomic mass is 10.0. The van der Waals surface area contributed by atoms with Crippen LogP contribution in [0.3, 0.4) is 0 Å². The molecule has 1 saturated carbocycles. The Hall–Kier alpha value is -0.190. The average molecular weight is 162 g/mol. The normalized spacial score (nSPS) is 55.4. The smallest absolute Gasteiger partial charge is 0.120 e. The molecule has 11 heavy (non-hydrogen) atoms. The number of fused-ring (bicyclic) bond motifs is 2. The first-order valence-electron chi connectivity index (χ1n) is 3.76. The second-order valence-corrected chi connectivity index (χ2v) is 3.36. The van der Waals surface area contributed by atoms with Gasteiger partial charge in [-0.1, -0.05) is 0 Å². The molecule has 0 radical (unpaired) electrons. The molecule has 1 aliphatic carbocycles. The Bertz CT molecular complexity index is 175. The molecule has 3 nitrogen and oxygen atoms in total. The number of aliphatic hydroxyl groups is 2. The molecular formula is C7H11FO3. The highest BCUT2D eigenvalue weighted by molar-refractivity contribution is 5.08. The minimum absolute atomic E-state index is 0.134. The Kier molecular flexibility index (Phi) is 1.46. The number of hydrogen-bond donors (Lipinski definition) is 2. The molecule has 1 aliphatic heterocycles. The summed E-state index contributed by atoms with van der Waals surface area (Å²) in [7, 11) is 0. The Morgan fingerprint density at radius 2 is 2.36 bits per heavy atom. The summed E-state index contributed by atoms with van der Waals surface area (Å²) < 4.78 is 18.1. The number of alkyl halides is 1. The van der Waals surface area contributed by atoms with Crippen molar-refractivity contribution in [3.63, 3.8) is 0 Å². The number of aliphatic hydroxyl groups excluding tert-OH is 2. The minimum atomic E-state index is -1.01. The van der Waals surface area contributed by atoms with E-state index in [1.54, 1.807) is 0 Å². The van der Waals surface area contributed by atoms with Crippen molar-refractivity contribution < 1.29 is 19.3 Å². The summed E-state index contributed by atoms with van der Waals surface area (Å²) in [6, 6.07) is 0. The van der Waals surface area contributed by atoms with E-state index in [2.05, 4.69) is 0 Å². The van der Waals surface area contributed by atoms with Crippen molar-refractivity contribution in [2.24, 2.45) is 5.92 Å². The molecule has 0 unspecified atom stereocenters. The quantitative estimate of drug-likeness (QED) is 0.544. The summed E-state index contributed by atoms with van der Waals surface area (Å²) in [5.74, 6) is -0.415. The second kappa shape index (κ2) is 2.15. The summed E-state index contributed by atoms with van der Waals surface area (Å²) in [6.45, 7) is -0.0476. The second-order valence-electron chi connectivity index (χ2n) is 3.36. The summed E-state index contributed by atoms with van der Waals surface area (Å²) in [4.78, 5) is 0.